The number of carbonyl (C=O) groups is 3. The van der Waals surface area contributed by atoms with Gasteiger partial charge in [-0.2, -0.15) is 13.2 Å². The second-order valence-corrected chi connectivity index (χ2v) is 8.37. The Balaban J connectivity index is 1.99. The molecule has 3 rings (SSSR count). The van der Waals surface area contributed by atoms with E-state index in [1.807, 2.05) is 13.8 Å². The van der Waals surface area contributed by atoms with Gasteiger partial charge in [0.2, 0.25) is 0 Å². The Hall–Kier alpha value is -3.56. The maximum Gasteiger partial charge on any atom is 0.416 e. The number of amidine groups is 1. The number of nitrogens with zero attached hydrogens (tertiary/aromatic N) is 3. The lowest BCUT2D eigenvalue weighted by molar-refractivity contribution is -0.137. The fraction of sp³-hybridized carbons (Fsp3) is 0.348. The molecule has 1 unspecified atom stereocenters. The highest BCUT2D eigenvalue weighted by atomic mass is 19.4. The highest BCUT2D eigenvalue weighted by Gasteiger charge is 2.43. The van der Waals surface area contributed by atoms with Crippen molar-refractivity contribution in [3.63, 3.8) is 0 Å². The van der Waals surface area contributed by atoms with Crippen LogP contribution in [0.15, 0.2) is 41.5 Å². The number of likely N-dealkylation sites (N-methyl/N-ethyl adjacent to an activating group) is 1. The SMILES string of the molecule is Cc1cnc(C2=NC(C)(C(C)C)C(=O)N2)c(C(=O)C(=O)N(C)c2cccc(C(F)(F)F)c2)c1. The van der Waals surface area contributed by atoms with E-state index in [0.717, 1.165) is 23.1 Å². The number of ketones is 1. The minimum absolute atomic E-state index is 0.0223. The van der Waals surface area contributed by atoms with E-state index in [4.69, 9.17) is 0 Å². The van der Waals surface area contributed by atoms with Crippen molar-refractivity contribution >= 4 is 29.1 Å². The maximum atomic E-state index is 13.1. The number of benzene rings is 1. The molecule has 1 atom stereocenters. The van der Waals surface area contributed by atoms with E-state index in [1.165, 1.54) is 25.4 Å². The Kier molecular flexibility index (Phi) is 6.14. The summed E-state index contributed by atoms with van der Waals surface area (Å²) in [6.07, 6.45) is -3.13. The molecule has 0 bridgehead atoms. The first-order valence-corrected chi connectivity index (χ1v) is 10.1. The van der Waals surface area contributed by atoms with Gasteiger partial charge in [0, 0.05) is 18.9 Å². The molecular weight excluding hydrogens is 437 g/mol. The normalized spacial score (nSPS) is 18.2. The standard InChI is InChI=1S/C23H23F3N4O3/c1-12(2)22(4)21(33)28-19(29-22)17-16(9-13(3)11-27-17)18(31)20(32)30(5)15-8-6-7-14(10-15)23(24,25)26/h6-12H,1-5H3,(H,28,29,33). The van der Waals surface area contributed by atoms with Gasteiger partial charge in [0.05, 0.1) is 11.1 Å². The van der Waals surface area contributed by atoms with Crippen LogP contribution in [0.5, 0.6) is 0 Å². The molecule has 10 heteroatoms. The number of halogens is 3. The summed E-state index contributed by atoms with van der Waals surface area (Å²) in [7, 11) is 1.21. The third-order valence-corrected chi connectivity index (χ3v) is 5.71. The molecule has 0 saturated carbocycles. The number of aliphatic imine (C=N–C) groups is 1. The predicted octanol–water partition coefficient (Wildman–Crippen LogP) is 3.55. The molecule has 2 amide bonds. The van der Waals surface area contributed by atoms with E-state index < -0.39 is 29.0 Å². The highest BCUT2D eigenvalue weighted by Crippen LogP contribution is 2.32. The molecule has 0 aliphatic carbocycles. The lowest BCUT2D eigenvalue weighted by Gasteiger charge is -2.21. The molecular formula is C23H23F3N4O3. The van der Waals surface area contributed by atoms with Gasteiger partial charge in [-0.1, -0.05) is 19.9 Å². The number of pyridine rings is 1. The molecule has 0 saturated heterocycles. The monoisotopic (exact) mass is 460 g/mol. The Labute approximate surface area is 188 Å². The Morgan fingerprint density at radius 1 is 1.18 bits per heavy atom. The zero-order chi connectivity index (χ0) is 24.7. The van der Waals surface area contributed by atoms with Crippen LogP contribution in [0.4, 0.5) is 18.9 Å². The fourth-order valence-electron chi connectivity index (χ4n) is 3.26. The van der Waals surface area contributed by atoms with Crippen LogP contribution < -0.4 is 10.2 Å². The van der Waals surface area contributed by atoms with Crippen LogP contribution in [0, 0.1) is 12.8 Å². The average Bonchev–Trinajstić information content (AvgIpc) is 3.07. The number of carbonyl (C=O) groups excluding carboxylic acids is 3. The smallest absolute Gasteiger partial charge is 0.309 e. The van der Waals surface area contributed by atoms with Crippen LogP contribution in [0.2, 0.25) is 0 Å². The molecule has 0 radical (unpaired) electrons. The number of hydrogen-bond donors (Lipinski definition) is 1. The van der Waals surface area contributed by atoms with Crippen molar-refractivity contribution in [1.82, 2.24) is 10.3 Å². The van der Waals surface area contributed by atoms with Crippen LogP contribution >= 0.6 is 0 Å². The second-order valence-electron chi connectivity index (χ2n) is 8.37. The molecule has 1 aromatic heterocycles. The lowest BCUT2D eigenvalue weighted by Crippen LogP contribution is -2.41. The van der Waals surface area contributed by atoms with Gasteiger partial charge in [-0.15, -0.1) is 0 Å². The number of hydrogen-bond acceptors (Lipinski definition) is 5. The van der Waals surface area contributed by atoms with Crippen molar-refractivity contribution in [1.29, 1.82) is 0 Å². The summed E-state index contributed by atoms with van der Waals surface area (Å²) >= 11 is 0. The van der Waals surface area contributed by atoms with Crippen LogP contribution in [0.3, 0.4) is 0 Å². The Morgan fingerprint density at radius 2 is 1.85 bits per heavy atom. The summed E-state index contributed by atoms with van der Waals surface area (Å²) in [6, 6.07) is 5.55. The van der Waals surface area contributed by atoms with Crippen molar-refractivity contribution in [3.8, 4) is 0 Å². The van der Waals surface area contributed by atoms with E-state index in [-0.39, 0.29) is 34.6 Å². The molecule has 1 aliphatic rings. The molecule has 1 aromatic carbocycles. The van der Waals surface area contributed by atoms with Gasteiger partial charge in [0.1, 0.15) is 11.2 Å². The second kappa shape index (κ2) is 8.42. The molecule has 33 heavy (non-hydrogen) atoms. The first-order chi connectivity index (χ1) is 15.3. The third kappa shape index (κ3) is 4.50. The first kappa shape index (κ1) is 24.1. The number of alkyl halides is 3. The Morgan fingerprint density at radius 3 is 2.42 bits per heavy atom. The average molecular weight is 460 g/mol. The van der Waals surface area contributed by atoms with Gasteiger partial charge < -0.3 is 10.2 Å². The van der Waals surface area contributed by atoms with Crippen molar-refractivity contribution < 1.29 is 27.6 Å². The largest absolute Gasteiger partial charge is 0.416 e. The van der Waals surface area contributed by atoms with Crippen LogP contribution in [-0.2, 0) is 15.8 Å². The number of nitrogens with one attached hydrogen (secondary N) is 1. The van der Waals surface area contributed by atoms with E-state index in [0.29, 0.717) is 5.56 Å². The molecule has 1 aliphatic heterocycles. The molecule has 2 aromatic rings. The van der Waals surface area contributed by atoms with Gasteiger partial charge in [-0.3, -0.25) is 19.4 Å². The number of aromatic nitrogens is 1. The molecule has 0 fully saturated rings. The first-order valence-electron chi connectivity index (χ1n) is 10.1. The predicted molar refractivity (Wildman–Crippen MR) is 116 cm³/mol. The van der Waals surface area contributed by atoms with Gasteiger partial charge in [0.15, 0.2) is 5.84 Å². The maximum absolute atomic E-state index is 13.1. The molecule has 1 N–H and O–H groups in total. The minimum Gasteiger partial charge on any atom is -0.309 e. The van der Waals surface area contributed by atoms with Crippen LogP contribution in [0.25, 0.3) is 0 Å². The fourth-order valence-corrected chi connectivity index (χ4v) is 3.26. The summed E-state index contributed by atoms with van der Waals surface area (Å²) in [5.41, 5.74) is -1.61. The summed E-state index contributed by atoms with van der Waals surface area (Å²) < 4.78 is 39.2. The van der Waals surface area contributed by atoms with Gasteiger partial charge in [-0.05, 0) is 49.6 Å². The van der Waals surface area contributed by atoms with E-state index in [9.17, 15) is 27.6 Å². The van der Waals surface area contributed by atoms with Gasteiger partial charge in [0.25, 0.3) is 17.6 Å². The number of aryl methyl sites for hydroxylation is 1. The number of anilines is 1. The molecule has 174 valence electrons. The molecule has 2 heterocycles. The summed E-state index contributed by atoms with van der Waals surface area (Å²) in [5, 5.41) is 2.63. The number of rotatable bonds is 5. The summed E-state index contributed by atoms with van der Waals surface area (Å²) in [6.45, 7) is 6.98. The summed E-state index contributed by atoms with van der Waals surface area (Å²) in [4.78, 5) is 48.0. The van der Waals surface area contributed by atoms with Crippen LogP contribution in [-0.4, -0.2) is 41.0 Å². The summed E-state index contributed by atoms with van der Waals surface area (Å²) in [5.74, 6) is -2.49. The van der Waals surface area contributed by atoms with Gasteiger partial charge >= 0.3 is 6.18 Å². The number of Topliss-reactive ketones (excluding diaryl/α,β-unsaturated/α-hetero) is 1. The van der Waals surface area contributed by atoms with Crippen molar-refractivity contribution in [2.45, 2.75) is 39.4 Å². The topological polar surface area (TPSA) is 91.7 Å². The lowest BCUT2D eigenvalue weighted by atomic mass is 9.89. The quantitative estimate of drug-likeness (QED) is 0.546. The highest BCUT2D eigenvalue weighted by molar-refractivity contribution is 6.48. The van der Waals surface area contributed by atoms with Crippen molar-refractivity contribution in [2.75, 3.05) is 11.9 Å². The molecule has 7 nitrogen and oxygen atoms in total. The third-order valence-electron chi connectivity index (χ3n) is 5.71. The van der Waals surface area contributed by atoms with Gasteiger partial charge in [-0.25, -0.2) is 4.99 Å². The zero-order valence-corrected chi connectivity index (χ0v) is 18.7. The Bertz CT molecular complexity index is 1170. The van der Waals surface area contributed by atoms with E-state index in [2.05, 4.69) is 15.3 Å². The van der Waals surface area contributed by atoms with Crippen molar-refractivity contribution in [3.05, 3.63) is 58.9 Å². The molecule has 0 spiro atoms. The minimum atomic E-state index is -4.60. The zero-order valence-electron chi connectivity index (χ0n) is 18.7. The van der Waals surface area contributed by atoms with E-state index >= 15 is 0 Å². The van der Waals surface area contributed by atoms with E-state index in [1.54, 1.807) is 13.8 Å². The van der Waals surface area contributed by atoms with Crippen molar-refractivity contribution in [2.24, 2.45) is 10.9 Å². The number of amides is 2. The van der Waals surface area contributed by atoms with Crippen LogP contribution in [0.1, 0.15) is 48.0 Å².